The zero-order chi connectivity index (χ0) is 22.5. The molecule has 4 nitrogen and oxygen atoms in total. The number of aliphatic hydroxyl groups excluding tert-OH is 1. The van der Waals surface area contributed by atoms with Crippen LogP contribution in [-0.2, 0) is 13.2 Å². The van der Waals surface area contributed by atoms with Gasteiger partial charge in [-0.3, -0.25) is 4.79 Å². The fourth-order valence-electron chi connectivity index (χ4n) is 4.48. The average molecular weight is 461 g/mol. The molecule has 0 radical (unpaired) electrons. The minimum Gasteiger partial charge on any atom is -0.392 e. The zero-order valence-corrected chi connectivity index (χ0v) is 19.4. The first-order valence-corrected chi connectivity index (χ1v) is 11.0. The van der Waals surface area contributed by atoms with Gasteiger partial charge in [0.15, 0.2) is 0 Å². The van der Waals surface area contributed by atoms with Gasteiger partial charge in [0.2, 0.25) is 0 Å². The Morgan fingerprint density at radius 3 is 2.36 bits per heavy atom. The van der Waals surface area contributed by atoms with Crippen LogP contribution in [0.15, 0.2) is 66.7 Å². The average Bonchev–Trinajstić information content (AvgIpc) is 2.88. The van der Waals surface area contributed by atoms with E-state index >= 15 is 0 Å². The first kappa shape index (κ1) is 24.5. The highest BCUT2D eigenvalue weighted by Gasteiger charge is 2.26. The summed E-state index contributed by atoms with van der Waals surface area (Å²) in [5, 5.41) is 9.29. The van der Waals surface area contributed by atoms with Crippen molar-refractivity contribution in [2.75, 3.05) is 13.1 Å². The number of rotatable bonds is 5. The first-order chi connectivity index (χ1) is 15.6. The van der Waals surface area contributed by atoms with E-state index in [1.54, 1.807) is 0 Å². The Balaban J connectivity index is 0.00000306. The lowest BCUT2D eigenvalue weighted by atomic mass is 9.88. The maximum absolute atomic E-state index is 13.4. The largest absolute Gasteiger partial charge is 0.392 e. The predicted molar refractivity (Wildman–Crippen MR) is 135 cm³/mol. The molecule has 0 atom stereocenters. The molecule has 0 aromatic heterocycles. The summed E-state index contributed by atoms with van der Waals surface area (Å²) in [6.45, 7) is 1.94. The van der Waals surface area contributed by atoms with Crippen LogP contribution in [0.3, 0.4) is 0 Å². The second kappa shape index (κ2) is 11.2. The van der Waals surface area contributed by atoms with Crippen molar-refractivity contribution >= 4 is 18.3 Å². The van der Waals surface area contributed by atoms with E-state index in [1.165, 1.54) is 5.56 Å². The molecule has 5 heteroatoms. The van der Waals surface area contributed by atoms with E-state index in [4.69, 9.17) is 12.2 Å². The third-order valence-electron chi connectivity index (χ3n) is 6.33. The molecule has 0 unspecified atom stereocenters. The molecule has 170 valence electrons. The summed E-state index contributed by atoms with van der Waals surface area (Å²) in [4.78, 5) is 15.3. The van der Waals surface area contributed by atoms with E-state index in [2.05, 4.69) is 24.1 Å². The molecular weight excluding hydrogens is 432 g/mol. The molecule has 3 aromatic carbocycles. The van der Waals surface area contributed by atoms with Gasteiger partial charge in [0.25, 0.3) is 5.91 Å². The third kappa shape index (κ3) is 5.29. The second-order valence-electron chi connectivity index (χ2n) is 8.24. The van der Waals surface area contributed by atoms with Gasteiger partial charge in [0.1, 0.15) is 0 Å². The highest BCUT2D eigenvalue weighted by atomic mass is 35.5. The molecule has 0 bridgehead atoms. The van der Waals surface area contributed by atoms with Crippen LogP contribution >= 0.6 is 12.4 Å². The van der Waals surface area contributed by atoms with Gasteiger partial charge in [-0.1, -0.05) is 66.6 Å². The van der Waals surface area contributed by atoms with Crippen molar-refractivity contribution in [1.82, 2.24) is 4.90 Å². The van der Waals surface area contributed by atoms with E-state index in [0.717, 1.165) is 35.1 Å². The monoisotopic (exact) mass is 460 g/mol. The van der Waals surface area contributed by atoms with Gasteiger partial charge in [-0.25, -0.2) is 0 Å². The number of halogens is 1. The molecule has 0 aliphatic carbocycles. The predicted octanol–water partition coefficient (Wildman–Crippen LogP) is 4.73. The lowest BCUT2D eigenvalue weighted by Gasteiger charge is -2.33. The number of nitrogens with zero attached hydrogens (tertiary/aromatic N) is 1. The molecule has 0 saturated carbocycles. The number of hydrogen-bond acceptors (Lipinski definition) is 3. The fraction of sp³-hybridized carbons (Fsp3) is 0.250. The number of nitrogens with two attached hydrogens (primary N) is 1. The van der Waals surface area contributed by atoms with Crippen LogP contribution < -0.4 is 5.73 Å². The maximum Gasteiger partial charge on any atom is 0.255 e. The molecular formula is C28H29ClN2O2. The van der Waals surface area contributed by atoms with Crippen LogP contribution in [-0.4, -0.2) is 29.0 Å². The molecule has 33 heavy (non-hydrogen) atoms. The van der Waals surface area contributed by atoms with Crippen molar-refractivity contribution in [2.24, 2.45) is 5.73 Å². The van der Waals surface area contributed by atoms with Gasteiger partial charge in [-0.15, -0.1) is 18.8 Å². The first-order valence-electron chi connectivity index (χ1n) is 11.0. The van der Waals surface area contributed by atoms with Crippen molar-refractivity contribution in [3.8, 4) is 23.5 Å². The maximum atomic E-state index is 13.4. The van der Waals surface area contributed by atoms with Crippen molar-refractivity contribution < 1.29 is 9.90 Å². The Morgan fingerprint density at radius 1 is 1.03 bits per heavy atom. The third-order valence-corrected chi connectivity index (χ3v) is 6.33. The van der Waals surface area contributed by atoms with E-state index < -0.39 is 0 Å². The molecule has 1 aliphatic rings. The smallest absolute Gasteiger partial charge is 0.255 e. The van der Waals surface area contributed by atoms with E-state index in [-0.39, 0.29) is 24.9 Å². The van der Waals surface area contributed by atoms with Crippen molar-refractivity contribution in [2.45, 2.75) is 31.9 Å². The van der Waals surface area contributed by atoms with Crippen LogP contribution in [0.25, 0.3) is 11.1 Å². The molecule has 4 rings (SSSR count). The fourth-order valence-corrected chi connectivity index (χ4v) is 4.48. The molecule has 1 amide bonds. The zero-order valence-electron chi connectivity index (χ0n) is 18.5. The minimum absolute atomic E-state index is 0. The Bertz CT molecular complexity index is 1140. The van der Waals surface area contributed by atoms with Crippen molar-refractivity contribution in [1.29, 1.82) is 0 Å². The summed E-state index contributed by atoms with van der Waals surface area (Å²) in [6.07, 6.45) is 7.71. The standard InChI is InChI=1S/C28H28N2O2.ClH/c1-2-25-26(23-11-9-20(19-31)10-12-23)7-4-8-27(25)28(32)30-15-13-22(14-16-30)24-6-3-5-21(17-24)18-29;/h1,3-12,17,22,31H,13-16,18-19,29H2;1H. The Hall–Kier alpha value is -3.10. The number of aliphatic hydroxyl groups is 1. The van der Waals surface area contributed by atoms with Gasteiger partial charge in [0, 0.05) is 25.2 Å². The van der Waals surface area contributed by atoms with Gasteiger partial charge >= 0.3 is 0 Å². The molecule has 3 aromatic rings. The van der Waals surface area contributed by atoms with Crippen LogP contribution in [0.1, 0.15) is 51.4 Å². The van der Waals surface area contributed by atoms with E-state index in [1.807, 2.05) is 53.4 Å². The highest BCUT2D eigenvalue weighted by Crippen LogP contribution is 2.31. The van der Waals surface area contributed by atoms with Crippen LogP contribution in [0.4, 0.5) is 0 Å². The summed E-state index contributed by atoms with van der Waals surface area (Å²) >= 11 is 0. The quantitative estimate of drug-likeness (QED) is 0.541. The van der Waals surface area contributed by atoms with Gasteiger partial charge < -0.3 is 15.7 Å². The SMILES string of the molecule is C#Cc1c(C(=O)N2CCC(c3cccc(CN)c3)CC2)cccc1-c1ccc(CO)cc1.Cl. The number of hydrogen-bond donors (Lipinski definition) is 2. The van der Waals surface area contributed by atoms with Crippen molar-refractivity contribution in [3.05, 3.63) is 94.5 Å². The summed E-state index contributed by atoms with van der Waals surface area (Å²) in [7, 11) is 0. The summed E-state index contributed by atoms with van der Waals surface area (Å²) in [5.74, 6) is 3.18. The van der Waals surface area contributed by atoms with Gasteiger partial charge in [0.05, 0.1) is 12.2 Å². The number of amides is 1. The number of piperidine rings is 1. The summed E-state index contributed by atoms with van der Waals surface area (Å²) in [5.41, 5.74) is 12.1. The van der Waals surface area contributed by atoms with Crippen LogP contribution in [0.5, 0.6) is 0 Å². The Kier molecular flexibility index (Phi) is 8.30. The summed E-state index contributed by atoms with van der Waals surface area (Å²) < 4.78 is 0. The second-order valence-corrected chi connectivity index (χ2v) is 8.24. The summed E-state index contributed by atoms with van der Waals surface area (Å²) in [6, 6.07) is 21.7. The number of terminal acetylenes is 1. The van der Waals surface area contributed by atoms with Crippen molar-refractivity contribution in [3.63, 3.8) is 0 Å². The highest BCUT2D eigenvalue weighted by molar-refractivity contribution is 5.99. The molecule has 0 spiro atoms. The van der Waals surface area contributed by atoms with E-state index in [9.17, 15) is 9.90 Å². The lowest BCUT2D eigenvalue weighted by Crippen LogP contribution is -2.38. The topological polar surface area (TPSA) is 66.6 Å². The normalized spacial score (nSPS) is 13.8. The number of benzene rings is 3. The van der Waals surface area contributed by atoms with Gasteiger partial charge in [-0.05, 0) is 52.6 Å². The molecule has 1 aliphatic heterocycles. The molecule has 1 saturated heterocycles. The number of likely N-dealkylation sites (tertiary alicyclic amines) is 1. The number of carbonyl (C=O) groups excluding carboxylic acids is 1. The molecule has 1 heterocycles. The minimum atomic E-state index is -0.0130. The van der Waals surface area contributed by atoms with E-state index in [0.29, 0.717) is 36.7 Å². The number of carbonyl (C=O) groups is 1. The molecule has 3 N–H and O–H groups in total. The Morgan fingerprint density at radius 2 is 1.73 bits per heavy atom. The van der Waals surface area contributed by atoms with Gasteiger partial charge in [-0.2, -0.15) is 0 Å². The molecule has 1 fully saturated rings. The van der Waals surface area contributed by atoms with Crippen LogP contribution in [0.2, 0.25) is 0 Å². The Labute approximate surface area is 201 Å². The van der Waals surface area contributed by atoms with Crippen LogP contribution in [0, 0.1) is 12.3 Å². The lowest BCUT2D eigenvalue weighted by molar-refractivity contribution is 0.0712.